The van der Waals surface area contributed by atoms with Crippen LogP contribution in [-0.2, 0) is 23.0 Å². The summed E-state index contributed by atoms with van der Waals surface area (Å²) in [6.45, 7) is 0.693. The fourth-order valence-electron chi connectivity index (χ4n) is 3.41. The third-order valence-corrected chi connectivity index (χ3v) is 8.39. The molecule has 1 N–H and O–H groups in total. The van der Waals surface area contributed by atoms with Crippen molar-refractivity contribution in [1.82, 2.24) is 4.31 Å². The van der Waals surface area contributed by atoms with E-state index in [2.05, 4.69) is 5.32 Å². The van der Waals surface area contributed by atoms with Gasteiger partial charge in [-0.25, -0.2) is 8.42 Å². The summed E-state index contributed by atoms with van der Waals surface area (Å²) >= 11 is 7.23. The predicted molar refractivity (Wildman–Crippen MR) is 118 cm³/mol. The highest BCUT2D eigenvalue weighted by Gasteiger charge is 2.29. The number of nitrogens with zero attached hydrogens (tertiary/aromatic N) is 1. The third kappa shape index (κ3) is 4.09. The third-order valence-electron chi connectivity index (χ3n) is 4.94. The second-order valence-electron chi connectivity index (χ2n) is 6.80. The van der Waals surface area contributed by atoms with E-state index in [-0.39, 0.29) is 12.5 Å². The molecule has 1 aliphatic rings. The van der Waals surface area contributed by atoms with E-state index >= 15 is 0 Å². The number of rotatable bonds is 5. The minimum absolute atomic E-state index is 0.264. The SMILES string of the molecule is COc1ccc(Cl)cc1C(=O)Nc1ccc2c(c1)CN(S(=O)(=O)c1cccs1)CC2. The van der Waals surface area contributed by atoms with E-state index < -0.39 is 10.0 Å². The van der Waals surface area contributed by atoms with Crippen molar-refractivity contribution in [1.29, 1.82) is 0 Å². The monoisotopic (exact) mass is 462 g/mol. The molecule has 1 aliphatic heterocycles. The quantitative estimate of drug-likeness (QED) is 0.609. The molecule has 6 nitrogen and oxygen atoms in total. The van der Waals surface area contributed by atoms with Gasteiger partial charge in [-0.1, -0.05) is 23.7 Å². The standard InChI is InChI=1S/C21H19ClN2O4S2/c1-28-19-7-5-16(22)12-18(19)21(25)23-17-6-4-14-8-9-24(13-15(14)11-17)30(26,27)20-3-2-10-29-20/h2-7,10-12H,8-9,13H2,1H3,(H,23,25). The van der Waals surface area contributed by atoms with E-state index in [0.29, 0.717) is 39.2 Å². The van der Waals surface area contributed by atoms with Crippen molar-refractivity contribution in [2.75, 3.05) is 19.0 Å². The summed E-state index contributed by atoms with van der Waals surface area (Å²) < 4.78 is 32.8. The number of anilines is 1. The summed E-state index contributed by atoms with van der Waals surface area (Å²) in [5.41, 5.74) is 2.85. The van der Waals surface area contributed by atoms with Crippen molar-refractivity contribution < 1.29 is 17.9 Å². The van der Waals surface area contributed by atoms with Crippen molar-refractivity contribution in [3.8, 4) is 5.75 Å². The first-order valence-corrected chi connectivity index (χ1v) is 11.9. The van der Waals surface area contributed by atoms with Crippen LogP contribution in [-0.4, -0.2) is 32.3 Å². The highest BCUT2D eigenvalue weighted by atomic mass is 35.5. The van der Waals surface area contributed by atoms with Crippen LogP contribution in [0.4, 0.5) is 5.69 Å². The van der Waals surface area contributed by atoms with Crippen LogP contribution < -0.4 is 10.1 Å². The number of methoxy groups -OCH3 is 1. The zero-order valence-corrected chi connectivity index (χ0v) is 18.5. The average molecular weight is 463 g/mol. The maximum absolute atomic E-state index is 12.8. The number of sulfonamides is 1. The number of carbonyl (C=O) groups is 1. The fourth-order valence-corrected chi connectivity index (χ4v) is 6.14. The van der Waals surface area contributed by atoms with Crippen LogP contribution in [0.15, 0.2) is 58.1 Å². The molecular weight excluding hydrogens is 444 g/mol. The number of ether oxygens (including phenoxy) is 1. The van der Waals surface area contributed by atoms with Crippen molar-refractivity contribution in [2.45, 2.75) is 17.2 Å². The van der Waals surface area contributed by atoms with E-state index in [0.717, 1.165) is 11.1 Å². The van der Waals surface area contributed by atoms with Crippen LogP contribution in [0, 0.1) is 0 Å². The summed E-state index contributed by atoms with van der Waals surface area (Å²) in [5, 5.41) is 5.03. The Morgan fingerprint density at radius 3 is 2.73 bits per heavy atom. The van der Waals surface area contributed by atoms with Gasteiger partial charge in [-0.3, -0.25) is 4.79 Å². The highest BCUT2D eigenvalue weighted by molar-refractivity contribution is 7.91. The second kappa shape index (κ2) is 8.39. The Kier molecular flexibility index (Phi) is 5.84. The van der Waals surface area contributed by atoms with Gasteiger partial charge in [0.15, 0.2) is 0 Å². The van der Waals surface area contributed by atoms with Gasteiger partial charge in [-0.05, 0) is 59.3 Å². The minimum Gasteiger partial charge on any atom is -0.496 e. The second-order valence-corrected chi connectivity index (χ2v) is 10.4. The Labute approximate surface area is 184 Å². The zero-order valence-electron chi connectivity index (χ0n) is 16.1. The molecule has 156 valence electrons. The summed E-state index contributed by atoms with van der Waals surface area (Å²) in [4.78, 5) is 12.7. The molecule has 1 aromatic heterocycles. The van der Waals surface area contributed by atoms with E-state index in [1.807, 2.05) is 18.2 Å². The number of hydrogen-bond acceptors (Lipinski definition) is 5. The number of carbonyl (C=O) groups excluding carboxylic acids is 1. The first-order chi connectivity index (χ1) is 14.4. The van der Waals surface area contributed by atoms with Crippen molar-refractivity contribution >= 4 is 44.6 Å². The minimum atomic E-state index is -3.52. The highest BCUT2D eigenvalue weighted by Crippen LogP contribution is 2.29. The van der Waals surface area contributed by atoms with Crippen LogP contribution in [0.3, 0.4) is 0 Å². The summed E-state index contributed by atoms with van der Waals surface area (Å²) in [6.07, 6.45) is 0.621. The van der Waals surface area contributed by atoms with Gasteiger partial charge in [0.25, 0.3) is 15.9 Å². The lowest BCUT2D eigenvalue weighted by molar-refractivity contribution is 0.102. The van der Waals surface area contributed by atoms with Crippen molar-refractivity contribution in [3.05, 3.63) is 75.6 Å². The molecule has 4 rings (SSSR count). The summed E-state index contributed by atoms with van der Waals surface area (Å²) in [5.74, 6) is 0.0660. The van der Waals surface area contributed by atoms with E-state index in [1.165, 1.54) is 22.8 Å². The molecule has 0 saturated carbocycles. The van der Waals surface area contributed by atoms with Gasteiger partial charge in [0.2, 0.25) is 0 Å². The molecule has 0 fully saturated rings. The van der Waals surface area contributed by atoms with Gasteiger partial charge in [0.1, 0.15) is 9.96 Å². The Morgan fingerprint density at radius 2 is 2.00 bits per heavy atom. The average Bonchev–Trinajstić information content (AvgIpc) is 3.29. The smallest absolute Gasteiger partial charge is 0.259 e. The molecule has 2 aromatic carbocycles. The topological polar surface area (TPSA) is 75.7 Å². The Morgan fingerprint density at radius 1 is 1.17 bits per heavy atom. The number of fused-ring (bicyclic) bond motifs is 1. The number of amides is 1. The van der Waals surface area contributed by atoms with Gasteiger partial charge < -0.3 is 10.1 Å². The Bertz CT molecular complexity index is 1190. The Balaban J connectivity index is 1.56. The molecule has 30 heavy (non-hydrogen) atoms. The molecule has 0 saturated heterocycles. The van der Waals surface area contributed by atoms with E-state index in [1.54, 1.807) is 35.7 Å². The van der Waals surface area contributed by atoms with Crippen LogP contribution in [0.2, 0.25) is 5.02 Å². The lowest BCUT2D eigenvalue weighted by atomic mass is 10.0. The number of nitrogens with one attached hydrogen (secondary N) is 1. The molecule has 0 bridgehead atoms. The van der Waals surface area contributed by atoms with Gasteiger partial charge >= 0.3 is 0 Å². The Hall–Kier alpha value is -2.39. The molecule has 0 unspecified atom stereocenters. The molecule has 0 radical (unpaired) electrons. The van der Waals surface area contributed by atoms with Gasteiger partial charge in [0.05, 0.1) is 12.7 Å². The predicted octanol–water partition coefficient (Wildman–Crippen LogP) is 4.41. The van der Waals surface area contributed by atoms with Gasteiger partial charge in [-0.15, -0.1) is 11.3 Å². The van der Waals surface area contributed by atoms with Gasteiger partial charge in [-0.2, -0.15) is 4.31 Å². The molecule has 0 spiro atoms. The van der Waals surface area contributed by atoms with Crippen LogP contribution >= 0.6 is 22.9 Å². The van der Waals surface area contributed by atoms with Crippen LogP contribution in [0.25, 0.3) is 0 Å². The van der Waals surface area contributed by atoms with Crippen LogP contribution in [0.5, 0.6) is 5.75 Å². The summed E-state index contributed by atoms with van der Waals surface area (Å²) in [7, 11) is -2.03. The molecule has 2 heterocycles. The number of halogens is 1. The summed E-state index contributed by atoms with van der Waals surface area (Å²) in [6, 6.07) is 13.7. The first-order valence-electron chi connectivity index (χ1n) is 9.19. The first kappa shape index (κ1) is 20.9. The zero-order chi connectivity index (χ0) is 21.3. The van der Waals surface area contributed by atoms with Crippen LogP contribution in [0.1, 0.15) is 21.5 Å². The maximum atomic E-state index is 12.8. The largest absolute Gasteiger partial charge is 0.496 e. The molecule has 0 aliphatic carbocycles. The molecule has 3 aromatic rings. The van der Waals surface area contributed by atoms with E-state index in [9.17, 15) is 13.2 Å². The number of thiophene rings is 1. The lowest BCUT2D eigenvalue weighted by Gasteiger charge is -2.28. The van der Waals surface area contributed by atoms with E-state index in [4.69, 9.17) is 16.3 Å². The van der Waals surface area contributed by atoms with Gasteiger partial charge in [0, 0.05) is 23.8 Å². The fraction of sp³-hybridized carbons (Fsp3) is 0.190. The maximum Gasteiger partial charge on any atom is 0.259 e. The van der Waals surface area contributed by atoms with Crippen molar-refractivity contribution in [2.24, 2.45) is 0 Å². The molecule has 9 heteroatoms. The molecule has 0 atom stereocenters. The normalized spacial score (nSPS) is 14.2. The van der Waals surface area contributed by atoms with Crippen molar-refractivity contribution in [3.63, 3.8) is 0 Å². The molecular formula is C21H19ClN2O4S2. The lowest BCUT2D eigenvalue weighted by Crippen LogP contribution is -2.35. The molecule has 1 amide bonds. The number of hydrogen-bond donors (Lipinski definition) is 1. The number of benzene rings is 2.